The van der Waals surface area contributed by atoms with Crippen molar-refractivity contribution in [1.29, 1.82) is 0 Å². The molecule has 0 aliphatic heterocycles. The number of amides is 1. The molecule has 1 aromatic rings. The summed E-state index contributed by atoms with van der Waals surface area (Å²) in [6.07, 6.45) is 3.56. The molecule has 0 aromatic carbocycles. The van der Waals surface area contributed by atoms with Crippen molar-refractivity contribution >= 4 is 17.5 Å². The molecule has 1 aliphatic carbocycles. The summed E-state index contributed by atoms with van der Waals surface area (Å²) in [4.78, 5) is 19.5. The molecule has 0 bridgehead atoms. The number of nitrogens with zero attached hydrogens (tertiary/aromatic N) is 2. The van der Waals surface area contributed by atoms with Crippen molar-refractivity contribution in [3.8, 4) is 0 Å². The molecule has 1 saturated carbocycles. The zero-order valence-corrected chi connectivity index (χ0v) is 9.66. The minimum atomic E-state index is -0.0206. The zero-order chi connectivity index (χ0) is 12.3. The van der Waals surface area contributed by atoms with Gasteiger partial charge in [0.1, 0.15) is 18.0 Å². The van der Waals surface area contributed by atoms with E-state index in [4.69, 9.17) is 5.84 Å². The van der Waals surface area contributed by atoms with Gasteiger partial charge in [0.25, 0.3) is 0 Å². The second-order valence-corrected chi connectivity index (χ2v) is 4.04. The van der Waals surface area contributed by atoms with Crippen LogP contribution < -0.4 is 21.9 Å². The Bertz CT molecular complexity index is 417. The van der Waals surface area contributed by atoms with E-state index < -0.39 is 0 Å². The Morgan fingerprint density at radius 3 is 2.82 bits per heavy atom. The highest BCUT2D eigenvalue weighted by atomic mass is 16.2. The van der Waals surface area contributed by atoms with Crippen LogP contribution in [-0.4, -0.2) is 28.5 Å². The second kappa shape index (κ2) is 4.96. The van der Waals surface area contributed by atoms with Crippen LogP contribution in [0.3, 0.4) is 0 Å². The van der Waals surface area contributed by atoms with E-state index in [0.29, 0.717) is 17.7 Å². The monoisotopic (exact) mass is 236 g/mol. The molecule has 7 nitrogen and oxygen atoms in total. The van der Waals surface area contributed by atoms with E-state index in [1.807, 2.05) is 6.92 Å². The van der Waals surface area contributed by atoms with Crippen LogP contribution in [0.25, 0.3) is 0 Å². The lowest BCUT2D eigenvalue weighted by Gasteiger charge is -2.10. The van der Waals surface area contributed by atoms with E-state index in [1.54, 1.807) is 0 Å². The summed E-state index contributed by atoms with van der Waals surface area (Å²) in [6.45, 7) is 2.04. The lowest BCUT2D eigenvalue weighted by Crippen LogP contribution is -2.31. The van der Waals surface area contributed by atoms with Gasteiger partial charge in [0.05, 0.1) is 6.54 Å². The third-order valence-corrected chi connectivity index (χ3v) is 2.58. The molecule has 0 unspecified atom stereocenters. The van der Waals surface area contributed by atoms with Gasteiger partial charge in [-0.2, -0.15) is 0 Å². The van der Waals surface area contributed by atoms with Crippen LogP contribution in [0.1, 0.15) is 18.4 Å². The fourth-order valence-electron chi connectivity index (χ4n) is 1.44. The highest BCUT2D eigenvalue weighted by Gasteiger charge is 2.22. The van der Waals surface area contributed by atoms with Crippen molar-refractivity contribution in [2.75, 3.05) is 17.3 Å². The van der Waals surface area contributed by atoms with Crippen LogP contribution in [-0.2, 0) is 4.79 Å². The third kappa shape index (κ3) is 3.04. The molecule has 2 rings (SSSR count). The molecule has 0 radical (unpaired) electrons. The van der Waals surface area contributed by atoms with Crippen LogP contribution >= 0.6 is 0 Å². The first kappa shape index (κ1) is 11.6. The number of hydrogen-bond acceptors (Lipinski definition) is 6. The molecule has 0 atom stereocenters. The lowest BCUT2D eigenvalue weighted by atomic mass is 10.3. The number of nitrogens with two attached hydrogens (primary N) is 1. The Morgan fingerprint density at radius 1 is 1.47 bits per heavy atom. The van der Waals surface area contributed by atoms with Gasteiger partial charge in [-0.1, -0.05) is 0 Å². The Morgan fingerprint density at radius 2 is 2.18 bits per heavy atom. The van der Waals surface area contributed by atoms with Gasteiger partial charge >= 0.3 is 0 Å². The summed E-state index contributed by atoms with van der Waals surface area (Å²) in [5, 5.41) is 5.85. The van der Waals surface area contributed by atoms with Gasteiger partial charge in [-0.3, -0.25) is 4.79 Å². The van der Waals surface area contributed by atoms with Gasteiger partial charge < -0.3 is 16.1 Å². The van der Waals surface area contributed by atoms with Gasteiger partial charge in [-0.25, -0.2) is 15.8 Å². The molecule has 1 aliphatic rings. The Balaban J connectivity index is 1.91. The SMILES string of the molecule is Cc1c(NN)ncnc1NCC(=O)NC1CC1. The summed E-state index contributed by atoms with van der Waals surface area (Å²) < 4.78 is 0. The first-order chi connectivity index (χ1) is 8.20. The van der Waals surface area contributed by atoms with E-state index in [2.05, 4.69) is 26.0 Å². The van der Waals surface area contributed by atoms with Crippen molar-refractivity contribution in [3.63, 3.8) is 0 Å². The standard InChI is InChI=1S/C10H16N6O/c1-6-9(13-5-14-10(6)16-11)12-4-8(17)15-7-2-3-7/h5,7H,2-4,11H2,1H3,(H,15,17)(H2,12,13,14,16). The molecule has 17 heavy (non-hydrogen) atoms. The summed E-state index contributed by atoms with van der Waals surface area (Å²) in [7, 11) is 0. The van der Waals surface area contributed by atoms with Gasteiger partial charge in [0.15, 0.2) is 0 Å². The summed E-state index contributed by atoms with van der Waals surface area (Å²) >= 11 is 0. The van der Waals surface area contributed by atoms with Crippen molar-refractivity contribution < 1.29 is 4.79 Å². The average molecular weight is 236 g/mol. The largest absolute Gasteiger partial charge is 0.361 e. The van der Waals surface area contributed by atoms with E-state index in [9.17, 15) is 4.79 Å². The molecule has 92 valence electrons. The van der Waals surface area contributed by atoms with Gasteiger partial charge in [-0.15, -0.1) is 0 Å². The molecular weight excluding hydrogens is 220 g/mol. The molecule has 1 aromatic heterocycles. The summed E-state index contributed by atoms with van der Waals surface area (Å²) in [5.74, 6) is 6.44. The predicted octanol–water partition coefficient (Wildman–Crippen LogP) is -0.239. The number of carbonyl (C=O) groups is 1. The van der Waals surface area contributed by atoms with E-state index in [0.717, 1.165) is 18.4 Å². The first-order valence-corrected chi connectivity index (χ1v) is 5.52. The number of aromatic nitrogens is 2. The van der Waals surface area contributed by atoms with Gasteiger partial charge in [-0.05, 0) is 19.8 Å². The number of anilines is 2. The van der Waals surface area contributed by atoms with Crippen LogP contribution in [0, 0.1) is 6.92 Å². The van der Waals surface area contributed by atoms with Crippen molar-refractivity contribution in [1.82, 2.24) is 15.3 Å². The van der Waals surface area contributed by atoms with Crippen LogP contribution in [0.5, 0.6) is 0 Å². The van der Waals surface area contributed by atoms with E-state index in [-0.39, 0.29) is 12.5 Å². The fourth-order valence-corrected chi connectivity index (χ4v) is 1.44. The minimum Gasteiger partial charge on any atom is -0.361 e. The predicted molar refractivity (Wildman–Crippen MR) is 64.2 cm³/mol. The molecule has 0 saturated heterocycles. The number of carbonyl (C=O) groups excluding carboxylic acids is 1. The molecule has 1 fully saturated rings. The topological polar surface area (TPSA) is 105 Å². The smallest absolute Gasteiger partial charge is 0.239 e. The second-order valence-electron chi connectivity index (χ2n) is 4.04. The maximum Gasteiger partial charge on any atom is 0.239 e. The minimum absolute atomic E-state index is 0.0206. The lowest BCUT2D eigenvalue weighted by molar-refractivity contribution is -0.119. The third-order valence-electron chi connectivity index (χ3n) is 2.58. The fraction of sp³-hybridized carbons (Fsp3) is 0.500. The first-order valence-electron chi connectivity index (χ1n) is 5.52. The van der Waals surface area contributed by atoms with E-state index >= 15 is 0 Å². The van der Waals surface area contributed by atoms with Crippen molar-refractivity contribution in [2.45, 2.75) is 25.8 Å². The molecular formula is C10H16N6O. The number of rotatable bonds is 5. The van der Waals surface area contributed by atoms with Gasteiger partial charge in [0, 0.05) is 11.6 Å². The number of hydrogen-bond donors (Lipinski definition) is 4. The zero-order valence-electron chi connectivity index (χ0n) is 9.66. The quantitative estimate of drug-likeness (QED) is 0.415. The van der Waals surface area contributed by atoms with Crippen LogP contribution in [0.2, 0.25) is 0 Å². The summed E-state index contributed by atoms with van der Waals surface area (Å²) in [6, 6.07) is 0.372. The Labute approximate surface area is 99.2 Å². The maximum absolute atomic E-state index is 11.5. The molecule has 5 N–H and O–H groups in total. The number of nitrogens with one attached hydrogen (secondary N) is 3. The molecule has 0 spiro atoms. The average Bonchev–Trinajstić information content (AvgIpc) is 3.11. The molecule has 1 amide bonds. The Hall–Kier alpha value is -1.89. The van der Waals surface area contributed by atoms with Crippen LogP contribution in [0.15, 0.2) is 6.33 Å². The number of nitrogen functional groups attached to an aromatic ring is 1. The van der Waals surface area contributed by atoms with Crippen LogP contribution in [0.4, 0.5) is 11.6 Å². The Kier molecular flexibility index (Phi) is 3.38. The summed E-state index contributed by atoms with van der Waals surface area (Å²) in [5.41, 5.74) is 3.26. The molecule has 7 heteroatoms. The van der Waals surface area contributed by atoms with E-state index in [1.165, 1.54) is 6.33 Å². The normalized spacial score (nSPS) is 14.2. The van der Waals surface area contributed by atoms with Crippen molar-refractivity contribution in [3.05, 3.63) is 11.9 Å². The molecule has 1 heterocycles. The number of hydrazine groups is 1. The maximum atomic E-state index is 11.5. The highest BCUT2D eigenvalue weighted by Crippen LogP contribution is 2.19. The van der Waals surface area contributed by atoms with Gasteiger partial charge in [0.2, 0.25) is 5.91 Å². The highest BCUT2D eigenvalue weighted by molar-refractivity contribution is 5.81. The van der Waals surface area contributed by atoms with Crippen molar-refractivity contribution in [2.24, 2.45) is 5.84 Å².